The number of aromatic nitrogens is 1. The molecular formula is C28H21Cl2N3OS. The minimum atomic E-state index is -0.191. The molecule has 4 nitrogen and oxygen atoms in total. The normalized spacial score (nSPS) is 15.7. The maximum absolute atomic E-state index is 12.6. The number of aryl methyl sites for hydroxylation is 1. The molecule has 7 heteroatoms. The Labute approximate surface area is 218 Å². The van der Waals surface area contributed by atoms with Crippen LogP contribution in [0, 0.1) is 13.8 Å². The fourth-order valence-electron chi connectivity index (χ4n) is 4.07. The highest BCUT2D eigenvalue weighted by atomic mass is 35.5. The third-order valence-electron chi connectivity index (χ3n) is 5.79. The number of hydrogen-bond donors (Lipinski definition) is 1. The van der Waals surface area contributed by atoms with E-state index in [0.29, 0.717) is 25.8 Å². The van der Waals surface area contributed by atoms with Crippen molar-refractivity contribution in [1.29, 1.82) is 0 Å². The van der Waals surface area contributed by atoms with Gasteiger partial charge in [0.05, 0.1) is 20.6 Å². The highest BCUT2D eigenvalue weighted by Crippen LogP contribution is 2.35. The Morgan fingerprint density at radius 2 is 1.63 bits per heavy atom. The summed E-state index contributed by atoms with van der Waals surface area (Å²) in [6, 6.07) is 26.1. The van der Waals surface area contributed by atoms with Gasteiger partial charge in [0, 0.05) is 17.1 Å². The molecular weight excluding hydrogens is 497 g/mol. The third kappa shape index (κ3) is 4.80. The Morgan fingerprint density at radius 1 is 0.914 bits per heavy atom. The van der Waals surface area contributed by atoms with E-state index in [1.165, 1.54) is 22.9 Å². The molecule has 1 aromatic heterocycles. The van der Waals surface area contributed by atoms with Gasteiger partial charge in [-0.25, -0.2) is 4.99 Å². The molecule has 1 aliphatic heterocycles. The van der Waals surface area contributed by atoms with E-state index in [4.69, 9.17) is 23.2 Å². The fourth-order valence-corrected chi connectivity index (χ4v) is 5.24. The molecule has 3 aromatic carbocycles. The van der Waals surface area contributed by atoms with Gasteiger partial charge in [-0.05, 0) is 78.7 Å². The van der Waals surface area contributed by atoms with Gasteiger partial charge in [0.15, 0.2) is 5.17 Å². The van der Waals surface area contributed by atoms with E-state index in [0.717, 1.165) is 22.6 Å². The van der Waals surface area contributed by atoms with Crippen molar-refractivity contribution in [3.63, 3.8) is 0 Å². The number of amides is 1. The van der Waals surface area contributed by atoms with Crippen molar-refractivity contribution in [3.05, 3.63) is 111 Å². The number of nitrogens with zero attached hydrogens (tertiary/aromatic N) is 2. The number of thioether (sulfide) groups is 1. The van der Waals surface area contributed by atoms with E-state index in [1.54, 1.807) is 18.2 Å². The summed E-state index contributed by atoms with van der Waals surface area (Å²) in [7, 11) is 0. The monoisotopic (exact) mass is 517 g/mol. The van der Waals surface area contributed by atoms with Crippen LogP contribution in [0.1, 0.15) is 17.0 Å². The van der Waals surface area contributed by atoms with Crippen LogP contribution in [0.2, 0.25) is 10.0 Å². The van der Waals surface area contributed by atoms with E-state index in [-0.39, 0.29) is 5.91 Å². The summed E-state index contributed by atoms with van der Waals surface area (Å²) in [6.45, 7) is 4.12. The van der Waals surface area contributed by atoms with Gasteiger partial charge in [-0.3, -0.25) is 4.79 Å². The molecule has 0 bridgehead atoms. The van der Waals surface area contributed by atoms with Gasteiger partial charge >= 0.3 is 0 Å². The van der Waals surface area contributed by atoms with Crippen molar-refractivity contribution in [3.8, 4) is 16.8 Å². The van der Waals surface area contributed by atoms with Crippen LogP contribution in [0.15, 0.2) is 88.8 Å². The smallest absolute Gasteiger partial charge is 0.264 e. The number of halogens is 2. The lowest BCUT2D eigenvalue weighted by molar-refractivity contribution is -0.115. The number of nitrogens with one attached hydrogen (secondary N) is 1. The fraction of sp³-hybridized carbons (Fsp3) is 0.0714. The molecule has 1 amide bonds. The summed E-state index contributed by atoms with van der Waals surface area (Å²) in [4.78, 5) is 17.7. The summed E-state index contributed by atoms with van der Waals surface area (Å²) in [5, 5.41) is 4.06. The Bertz CT molecular complexity index is 1490. The molecule has 5 rings (SSSR count). The first-order chi connectivity index (χ1) is 16.9. The van der Waals surface area contributed by atoms with Crippen molar-refractivity contribution in [1.82, 2.24) is 9.88 Å². The van der Waals surface area contributed by atoms with E-state index < -0.39 is 0 Å². The topological polar surface area (TPSA) is 46.4 Å². The lowest BCUT2D eigenvalue weighted by Crippen LogP contribution is -2.19. The molecule has 4 aromatic rings. The number of rotatable bonds is 4. The van der Waals surface area contributed by atoms with Crippen LogP contribution in [-0.2, 0) is 4.79 Å². The average molecular weight is 518 g/mol. The number of carbonyl (C=O) groups excluding carboxylic acids is 1. The Hall–Kier alpha value is -3.25. The first kappa shape index (κ1) is 23.5. The number of carbonyl (C=O) groups is 1. The van der Waals surface area contributed by atoms with E-state index in [1.807, 2.05) is 24.3 Å². The standard InChI is InChI=1S/C28H21Cl2N3OS/c1-17-15-21(16-25-27(34)32-28(35-25)31-24-10-6-9-23(29)26(24)30)18(2)33(17)22-13-11-20(12-14-22)19-7-4-3-5-8-19/h3-16H,1-2H3,(H,31,32,34)/b25-16+. The number of amidine groups is 1. The van der Waals surface area contributed by atoms with E-state index >= 15 is 0 Å². The number of benzene rings is 3. The maximum Gasteiger partial charge on any atom is 0.264 e. The second-order valence-electron chi connectivity index (χ2n) is 8.13. The number of hydrogen-bond acceptors (Lipinski definition) is 3. The molecule has 35 heavy (non-hydrogen) atoms. The molecule has 1 fully saturated rings. The molecule has 2 heterocycles. The molecule has 0 saturated carbocycles. The summed E-state index contributed by atoms with van der Waals surface area (Å²) >= 11 is 13.6. The molecule has 0 radical (unpaired) electrons. The Morgan fingerprint density at radius 3 is 2.37 bits per heavy atom. The largest absolute Gasteiger partial charge is 0.318 e. The zero-order chi connectivity index (χ0) is 24.5. The molecule has 0 spiro atoms. The van der Waals surface area contributed by atoms with Crippen LogP contribution < -0.4 is 5.32 Å². The van der Waals surface area contributed by atoms with Crippen molar-refractivity contribution < 1.29 is 4.79 Å². The highest BCUT2D eigenvalue weighted by Gasteiger charge is 2.25. The van der Waals surface area contributed by atoms with Gasteiger partial charge in [-0.2, -0.15) is 0 Å². The third-order valence-corrected chi connectivity index (χ3v) is 7.51. The molecule has 0 aliphatic carbocycles. The van der Waals surface area contributed by atoms with Crippen molar-refractivity contribution in [2.24, 2.45) is 4.99 Å². The van der Waals surface area contributed by atoms with E-state index in [2.05, 4.69) is 71.2 Å². The quantitative estimate of drug-likeness (QED) is 0.279. The Balaban J connectivity index is 1.42. The predicted molar refractivity (Wildman–Crippen MR) is 148 cm³/mol. The second-order valence-corrected chi connectivity index (χ2v) is 9.95. The van der Waals surface area contributed by atoms with Crippen LogP contribution >= 0.6 is 35.0 Å². The summed E-state index contributed by atoms with van der Waals surface area (Å²) in [5.41, 5.74) is 7.07. The van der Waals surface area contributed by atoms with Crippen LogP contribution in [0.4, 0.5) is 5.69 Å². The molecule has 174 valence electrons. The van der Waals surface area contributed by atoms with Crippen LogP contribution in [0.3, 0.4) is 0 Å². The SMILES string of the molecule is Cc1cc(/C=C2/SC(=Nc3cccc(Cl)c3Cl)NC2=O)c(C)n1-c1ccc(-c2ccccc2)cc1. The predicted octanol–water partition coefficient (Wildman–Crippen LogP) is 7.96. The zero-order valence-electron chi connectivity index (χ0n) is 19.0. The maximum atomic E-state index is 12.6. The number of aliphatic imine (C=N–C) groups is 1. The first-order valence-corrected chi connectivity index (χ1v) is 12.6. The van der Waals surface area contributed by atoms with E-state index in [9.17, 15) is 4.79 Å². The van der Waals surface area contributed by atoms with Crippen molar-refractivity contribution in [2.45, 2.75) is 13.8 Å². The van der Waals surface area contributed by atoms with Gasteiger partial charge in [-0.15, -0.1) is 0 Å². The van der Waals surface area contributed by atoms with Gasteiger partial charge in [0.2, 0.25) is 0 Å². The van der Waals surface area contributed by atoms with Crippen molar-refractivity contribution in [2.75, 3.05) is 0 Å². The average Bonchev–Trinajstić information content (AvgIpc) is 3.35. The lowest BCUT2D eigenvalue weighted by atomic mass is 10.1. The van der Waals surface area contributed by atoms with Crippen LogP contribution in [-0.4, -0.2) is 15.6 Å². The summed E-state index contributed by atoms with van der Waals surface area (Å²) in [6.07, 6.45) is 1.90. The second kappa shape index (κ2) is 9.78. The van der Waals surface area contributed by atoms with Crippen molar-refractivity contribution >= 4 is 57.8 Å². The molecule has 1 aliphatic rings. The van der Waals surface area contributed by atoms with Gasteiger partial charge < -0.3 is 9.88 Å². The summed E-state index contributed by atoms with van der Waals surface area (Å²) < 4.78 is 2.19. The molecule has 0 unspecified atom stereocenters. The highest BCUT2D eigenvalue weighted by molar-refractivity contribution is 8.18. The van der Waals surface area contributed by atoms with Gasteiger partial charge in [-0.1, -0.05) is 71.7 Å². The van der Waals surface area contributed by atoms with Crippen LogP contribution in [0.25, 0.3) is 22.9 Å². The first-order valence-electron chi connectivity index (χ1n) is 11.0. The zero-order valence-corrected chi connectivity index (χ0v) is 21.4. The minimum Gasteiger partial charge on any atom is -0.318 e. The molecule has 1 N–H and O–H groups in total. The van der Waals surface area contributed by atoms with Crippen LogP contribution in [0.5, 0.6) is 0 Å². The molecule has 1 saturated heterocycles. The minimum absolute atomic E-state index is 0.191. The Kier molecular flexibility index (Phi) is 6.56. The molecule has 0 atom stereocenters. The summed E-state index contributed by atoms with van der Waals surface area (Å²) in [5.74, 6) is -0.191. The van der Waals surface area contributed by atoms with Gasteiger partial charge in [0.1, 0.15) is 0 Å². The lowest BCUT2D eigenvalue weighted by Gasteiger charge is -2.11. The van der Waals surface area contributed by atoms with Gasteiger partial charge in [0.25, 0.3) is 5.91 Å².